The molecule has 0 atom stereocenters. The molecule has 9 heteroatoms. The van der Waals surface area contributed by atoms with Gasteiger partial charge >= 0.3 is 0 Å². The van der Waals surface area contributed by atoms with Crippen LogP contribution in [0.3, 0.4) is 0 Å². The van der Waals surface area contributed by atoms with Crippen molar-refractivity contribution in [3.05, 3.63) is 53.9 Å². The number of nitrogens with zero attached hydrogens (tertiary/aromatic N) is 2. The quantitative estimate of drug-likeness (QED) is 0.575. The number of thiazole rings is 1. The molecule has 2 aromatic rings. The summed E-state index contributed by atoms with van der Waals surface area (Å²) in [6.45, 7) is 1.11. The van der Waals surface area contributed by atoms with Crippen molar-refractivity contribution in [2.45, 2.75) is 6.54 Å². The third-order valence-corrected chi connectivity index (χ3v) is 5.62. The lowest BCUT2D eigenvalue weighted by Gasteiger charge is -2.04. The third kappa shape index (κ3) is 5.39. The van der Waals surface area contributed by atoms with Crippen molar-refractivity contribution in [1.82, 2.24) is 9.88 Å². The summed E-state index contributed by atoms with van der Waals surface area (Å²) in [6, 6.07) is 9.42. The van der Waals surface area contributed by atoms with E-state index in [0.29, 0.717) is 15.8 Å². The molecule has 0 spiro atoms. The fourth-order valence-corrected chi connectivity index (χ4v) is 3.89. The van der Waals surface area contributed by atoms with Gasteiger partial charge in [-0.1, -0.05) is 34.1 Å². The zero-order chi connectivity index (χ0) is 20.5. The van der Waals surface area contributed by atoms with Crippen LogP contribution in [0.1, 0.15) is 5.56 Å². The molecule has 1 heterocycles. The molecule has 1 amide bonds. The van der Waals surface area contributed by atoms with E-state index in [2.05, 4.69) is 21.2 Å². The number of carbonyl (C=O) groups excluding carboxylic acids is 1. The number of rotatable bonds is 8. The summed E-state index contributed by atoms with van der Waals surface area (Å²) in [7, 11) is 3.05. The molecule has 1 aromatic heterocycles. The maximum absolute atomic E-state index is 12.9. The molecule has 7 nitrogen and oxygen atoms in total. The molecule has 28 heavy (non-hydrogen) atoms. The summed E-state index contributed by atoms with van der Waals surface area (Å²) in [6.07, 6.45) is 1.74. The number of amides is 1. The summed E-state index contributed by atoms with van der Waals surface area (Å²) in [4.78, 5) is 25.3. The van der Waals surface area contributed by atoms with Crippen molar-refractivity contribution >= 4 is 44.8 Å². The molecule has 0 aliphatic carbocycles. The van der Waals surface area contributed by atoms with Crippen LogP contribution in [0.2, 0.25) is 0 Å². The Kier molecular flexibility index (Phi) is 8.60. The minimum absolute atomic E-state index is 0.110. The second-order valence-electron chi connectivity index (χ2n) is 5.62. The van der Waals surface area contributed by atoms with Crippen molar-refractivity contribution in [3.8, 4) is 6.07 Å². The Bertz CT molecular complexity index is 1050. The topological polar surface area (TPSA) is 93.4 Å². The van der Waals surface area contributed by atoms with Gasteiger partial charge in [-0.3, -0.25) is 14.2 Å². The molecule has 0 saturated carbocycles. The maximum Gasteiger partial charge on any atom is 0.269 e. The Hall–Kier alpha value is -2.25. The van der Waals surface area contributed by atoms with E-state index in [1.54, 1.807) is 6.08 Å². The molecule has 0 fully saturated rings. The molecule has 0 aliphatic rings. The van der Waals surface area contributed by atoms with E-state index < -0.39 is 5.91 Å². The van der Waals surface area contributed by atoms with Crippen LogP contribution in [0.5, 0.6) is 0 Å². The van der Waals surface area contributed by atoms with Crippen molar-refractivity contribution in [2.75, 3.05) is 34.0 Å². The van der Waals surface area contributed by atoms with Gasteiger partial charge in [0.1, 0.15) is 10.7 Å². The van der Waals surface area contributed by atoms with Crippen LogP contribution in [-0.2, 0) is 20.8 Å². The molecule has 148 valence electrons. The smallest absolute Gasteiger partial charge is 0.269 e. The molecule has 0 radical (unpaired) electrons. The van der Waals surface area contributed by atoms with Crippen molar-refractivity contribution in [3.63, 3.8) is 0 Å². The highest BCUT2D eigenvalue weighted by atomic mass is 79.9. The zero-order valence-electron chi connectivity index (χ0n) is 15.5. The normalized spacial score (nSPS) is 12.6. The number of methoxy groups -OCH3 is 2. The lowest BCUT2D eigenvalue weighted by Crippen LogP contribution is -2.36. The Morgan fingerprint density at radius 3 is 2.68 bits per heavy atom. The predicted octanol–water partition coefficient (Wildman–Crippen LogP) is 0.584. The van der Waals surface area contributed by atoms with Crippen molar-refractivity contribution < 1.29 is 14.3 Å². The minimum atomic E-state index is -0.542. The number of ether oxygens (including phenoxy) is 2. The SMILES string of the molecule is COCCNC(=O)/C(C#N)=c1\s/c(=C\c2ccccc2Br)c(=O)n1CCOC. The highest BCUT2D eigenvalue weighted by Gasteiger charge is 2.15. The van der Waals surface area contributed by atoms with Gasteiger partial charge in [-0.05, 0) is 17.7 Å². The van der Waals surface area contributed by atoms with Gasteiger partial charge in [0.05, 0.1) is 24.3 Å². The van der Waals surface area contributed by atoms with Crippen molar-refractivity contribution in [2.24, 2.45) is 0 Å². The number of hydrogen-bond acceptors (Lipinski definition) is 6. The second-order valence-corrected chi connectivity index (χ2v) is 7.51. The van der Waals surface area contributed by atoms with Crippen LogP contribution in [0.25, 0.3) is 11.6 Å². The van der Waals surface area contributed by atoms with E-state index in [4.69, 9.17) is 9.47 Å². The van der Waals surface area contributed by atoms with E-state index in [0.717, 1.165) is 21.4 Å². The van der Waals surface area contributed by atoms with Gasteiger partial charge in [0.25, 0.3) is 11.5 Å². The average Bonchev–Trinajstić information content (AvgIpc) is 2.98. The van der Waals surface area contributed by atoms with E-state index in [1.165, 1.54) is 18.8 Å². The molecule has 1 aromatic carbocycles. The molecule has 0 unspecified atom stereocenters. The number of hydrogen-bond donors (Lipinski definition) is 1. The highest BCUT2D eigenvalue weighted by molar-refractivity contribution is 9.10. The molecule has 0 saturated heterocycles. The molecule has 0 aliphatic heterocycles. The van der Waals surface area contributed by atoms with Crippen LogP contribution in [0, 0.1) is 11.3 Å². The third-order valence-electron chi connectivity index (χ3n) is 3.76. The van der Waals surface area contributed by atoms with Gasteiger partial charge < -0.3 is 14.8 Å². The number of nitriles is 1. The fraction of sp³-hybridized carbons (Fsp3) is 0.316. The van der Waals surface area contributed by atoms with Gasteiger partial charge in [-0.2, -0.15) is 5.26 Å². The van der Waals surface area contributed by atoms with Crippen LogP contribution in [-0.4, -0.2) is 44.5 Å². The average molecular weight is 466 g/mol. The molecule has 1 N–H and O–H groups in total. The molecular formula is C19H20BrN3O4S. The Morgan fingerprint density at radius 2 is 2.04 bits per heavy atom. The second kappa shape index (κ2) is 10.9. The summed E-state index contributed by atoms with van der Waals surface area (Å²) < 4.78 is 13.0. The summed E-state index contributed by atoms with van der Waals surface area (Å²) >= 11 is 4.56. The first kappa shape index (κ1) is 22.0. The molecule has 0 bridgehead atoms. The Labute approximate surface area is 174 Å². The summed E-state index contributed by atoms with van der Waals surface area (Å²) in [5, 5.41) is 12.2. The fourth-order valence-electron chi connectivity index (χ4n) is 2.38. The Balaban J connectivity index is 2.66. The van der Waals surface area contributed by atoms with Crippen LogP contribution in [0.4, 0.5) is 0 Å². The summed E-state index contributed by atoms with van der Waals surface area (Å²) in [5.41, 5.74) is 0.445. The molecule has 2 rings (SSSR count). The van der Waals surface area contributed by atoms with E-state index in [-0.39, 0.29) is 30.8 Å². The lowest BCUT2D eigenvalue weighted by molar-refractivity contribution is -0.115. The van der Waals surface area contributed by atoms with Crippen LogP contribution in [0.15, 0.2) is 33.5 Å². The maximum atomic E-state index is 12.9. The van der Waals surface area contributed by atoms with E-state index in [1.807, 2.05) is 30.3 Å². The van der Waals surface area contributed by atoms with Crippen molar-refractivity contribution in [1.29, 1.82) is 5.26 Å². The zero-order valence-corrected chi connectivity index (χ0v) is 17.9. The van der Waals surface area contributed by atoms with Gasteiger partial charge in [0, 0.05) is 25.2 Å². The monoisotopic (exact) mass is 465 g/mol. The first-order valence-electron chi connectivity index (χ1n) is 8.39. The van der Waals surface area contributed by atoms with Crippen LogP contribution >= 0.6 is 27.3 Å². The Morgan fingerprint density at radius 1 is 1.32 bits per heavy atom. The number of nitrogens with one attached hydrogen (secondary N) is 1. The molecular weight excluding hydrogens is 446 g/mol. The lowest BCUT2D eigenvalue weighted by atomic mass is 10.2. The van der Waals surface area contributed by atoms with Crippen LogP contribution < -0.4 is 20.1 Å². The van der Waals surface area contributed by atoms with Gasteiger partial charge in [0.15, 0.2) is 5.57 Å². The number of aromatic nitrogens is 1. The summed E-state index contributed by atoms with van der Waals surface area (Å²) in [5.74, 6) is -0.542. The van der Waals surface area contributed by atoms with Gasteiger partial charge in [0.2, 0.25) is 0 Å². The van der Waals surface area contributed by atoms with Gasteiger partial charge in [-0.25, -0.2) is 0 Å². The highest BCUT2D eigenvalue weighted by Crippen LogP contribution is 2.16. The number of carbonyl (C=O) groups is 1. The van der Waals surface area contributed by atoms with Gasteiger partial charge in [-0.15, -0.1) is 11.3 Å². The minimum Gasteiger partial charge on any atom is -0.383 e. The number of halogens is 1. The first-order valence-corrected chi connectivity index (χ1v) is 10.0. The van der Waals surface area contributed by atoms with E-state index in [9.17, 15) is 14.9 Å². The van der Waals surface area contributed by atoms with E-state index >= 15 is 0 Å². The largest absolute Gasteiger partial charge is 0.383 e. The first-order chi connectivity index (χ1) is 13.5. The standard InChI is InChI=1S/C19H20BrN3O4S/c1-26-9-7-22-17(24)14(12-21)19-23(8-10-27-2)18(25)16(28-19)11-13-5-3-4-6-15(13)20/h3-6,11H,7-10H2,1-2H3,(H,22,24)/b16-11-,19-14-. The predicted molar refractivity (Wildman–Crippen MR) is 111 cm³/mol. The number of benzene rings is 1.